The Bertz CT molecular complexity index is 1420. The molecule has 10 nitrogen and oxygen atoms in total. The predicted octanol–water partition coefficient (Wildman–Crippen LogP) is 6.67. The van der Waals surface area contributed by atoms with Crippen LogP contribution in [0.2, 0.25) is 5.02 Å². The number of esters is 1. The highest BCUT2D eigenvalue weighted by atomic mass is 35.5. The predicted molar refractivity (Wildman–Crippen MR) is 190 cm³/mol. The first-order valence-corrected chi connectivity index (χ1v) is 19.5. The highest BCUT2D eigenvalue weighted by Crippen LogP contribution is 2.50. The fourth-order valence-corrected chi connectivity index (χ4v) is 8.84. The van der Waals surface area contributed by atoms with Gasteiger partial charge in [0.2, 0.25) is 5.91 Å². The third kappa shape index (κ3) is 8.49. The SMILES string of the molecule is COc1cc2cc(c1Cl)N(C)C(=O)C[C@H](OC(=O)[C@@H]1CC[C@@H](CSSC)OC1)[C@@]1(C)C[C@](C)(O1)[C@@H]1CC(C/C=C/C=C(\C)C2)NC(=O)O1. The summed E-state index contributed by atoms with van der Waals surface area (Å²) < 4.78 is 30.1. The van der Waals surface area contributed by atoms with Crippen LogP contribution in [0.3, 0.4) is 0 Å². The second-order valence-corrected chi connectivity index (χ2v) is 16.6. The van der Waals surface area contributed by atoms with E-state index in [1.54, 1.807) is 35.7 Å². The number of carbonyl (C=O) groups excluding carboxylic acids is 3. The highest BCUT2D eigenvalue weighted by molar-refractivity contribution is 8.76. The molecule has 1 unspecified atom stereocenters. The van der Waals surface area contributed by atoms with Crippen LogP contribution in [0.15, 0.2) is 35.9 Å². The van der Waals surface area contributed by atoms with Crippen molar-refractivity contribution in [2.45, 2.75) is 101 Å². The van der Waals surface area contributed by atoms with Gasteiger partial charge < -0.3 is 33.9 Å². The van der Waals surface area contributed by atoms with Gasteiger partial charge in [0.05, 0.1) is 37.8 Å². The zero-order valence-corrected chi connectivity index (χ0v) is 30.9. The summed E-state index contributed by atoms with van der Waals surface area (Å²) in [5, 5.41) is 3.23. The molecule has 7 atom stereocenters. The number of halogens is 1. The molecule has 48 heavy (non-hydrogen) atoms. The molecule has 6 bridgehead atoms. The van der Waals surface area contributed by atoms with Crippen LogP contribution in [0, 0.1) is 5.92 Å². The molecule has 5 aliphatic heterocycles. The molecular formula is C35H47ClN2O8S2. The summed E-state index contributed by atoms with van der Waals surface area (Å²) in [5.41, 5.74) is 0.672. The smallest absolute Gasteiger partial charge is 0.407 e. The second-order valence-electron chi connectivity index (χ2n) is 13.6. The quantitative estimate of drug-likeness (QED) is 0.252. The van der Waals surface area contributed by atoms with Crippen molar-refractivity contribution < 1.29 is 38.1 Å². The lowest BCUT2D eigenvalue weighted by Gasteiger charge is -2.58. The lowest BCUT2D eigenvalue weighted by molar-refractivity contribution is -0.322. The molecule has 6 rings (SSSR count). The van der Waals surface area contributed by atoms with Crippen LogP contribution in [0.5, 0.6) is 5.75 Å². The summed E-state index contributed by atoms with van der Waals surface area (Å²) in [7, 11) is 6.63. The maximum atomic E-state index is 14.0. The van der Waals surface area contributed by atoms with Crippen molar-refractivity contribution in [3.05, 3.63) is 46.5 Å². The third-order valence-corrected chi connectivity index (χ3v) is 12.0. The van der Waals surface area contributed by atoms with Crippen LogP contribution >= 0.6 is 33.2 Å². The van der Waals surface area contributed by atoms with Gasteiger partial charge in [0.15, 0.2) is 0 Å². The number of nitrogens with zero attached hydrogens (tertiary/aromatic N) is 1. The number of rotatable bonds is 6. The first kappa shape index (κ1) is 36.9. The van der Waals surface area contributed by atoms with E-state index in [4.69, 9.17) is 35.3 Å². The topological polar surface area (TPSA) is 113 Å². The number of ether oxygens (including phenoxy) is 5. The molecule has 1 aromatic carbocycles. The maximum absolute atomic E-state index is 14.0. The van der Waals surface area contributed by atoms with Crippen LogP contribution < -0.4 is 15.0 Å². The zero-order chi connectivity index (χ0) is 34.6. The van der Waals surface area contributed by atoms with Crippen molar-refractivity contribution in [2.75, 3.05) is 37.7 Å². The van der Waals surface area contributed by atoms with E-state index < -0.39 is 41.4 Å². The van der Waals surface area contributed by atoms with E-state index in [2.05, 4.69) is 5.32 Å². The number of hydrogen-bond donors (Lipinski definition) is 1. The number of benzene rings is 1. The largest absolute Gasteiger partial charge is 0.495 e. The van der Waals surface area contributed by atoms with Gasteiger partial charge in [-0.3, -0.25) is 9.59 Å². The molecule has 1 N–H and O–H groups in total. The molecule has 3 fully saturated rings. The van der Waals surface area contributed by atoms with Gasteiger partial charge in [-0.1, -0.05) is 57.0 Å². The van der Waals surface area contributed by atoms with Gasteiger partial charge in [-0.2, -0.15) is 0 Å². The molecule has 1 aromatic rings. The van der Waals surface area contributed by atoms with Gasteiger partial charge in [-0.15, -0.1) is 0 Å². The number of carbonyl (C=O) groups is 3. The van der Waals surface area contributed by atoms with Crippen molar-refractivity contribution >= 4 is 56.8 Å². The van der Waals surface area contributed by atoms with Gasteiger partial charge in [0.25, 0.3) is 0 Å². The molecule has 5 aliphatic rings. The van der Waals surface area contributed by atoms with E-state index in [1.807, 2.05) is 57.4 Å². The third-order valence-electron chi connectivity index (χ3n) is 9.75. The maximum Gasteiger partial charge on any atom is 0.407 e. The average molecular weight is 723 g/mol. The number of methoxy groups -OCH3 is 1. The van der Waals surface area contributed by atoms with E-state index >= 15 is 0 Å². The van der Waals surface area contributed by atoms with Gasteiger partial charge in [0.1, 0.15) is 34.2 Å². The summed E-state index contributed by atoms with van der Waals surface area (Å²) in [6.07, 6.45) is 9.73. The zero-order valence-electron chi connectivity index (χ0n) is 28.5. The lowest BCUT2D eigenvalue weighted by atomic mass is 9.72. The van der Waals surface area contributed by atoms with Gasteiger partial charge >= 0.3 is 12.1 Å². The first-order chi connectivity index (χ1) is 22.8. The molecule has 0 saturated carbocycles. The molecule has 0 spiro atoms. The molecule has 3 saturated heterocycles. The second kappa shape index (κ2) is 15.7. The summed E-state index contributed by atoms with van der Waals surface area (Å²) >= 11 is 6.76. The van der Waals surface area contributed by atoms with Gasteiger partial charge in [-0.25, -0.2) is 4.79 Å². The molecular weight excluding hydrogens is 676 g/mol. The first-order valence-electron chi connectivity index (χ1n) is 16.4. The van der Waals surface area contributed by atoms with Crippen molar-refractivity contribution in [2.24, 2.45) is 5.92 Å². The van der Waals surface area contributed by atoms with E-state index in [-0.39, 0.29) is 31.1 Å². The van der Waals surface area contributed by atoms with E-state index in [0.29, 0.717) is 48.6 Å². The van der Waals surface area contributed by atoms with Crippen molar-refractivity contribution in [1.82, 2.24) is 5.32 Å². The number of anilines is 1. The highest BCUT2D eigenvalue weighted by Gasteiger charge is 2.61. The molecule has 0 aliphatic carbocycles. The fourth-order valence-electron chi connectivity index (χ4n) is 7.11. The summed E-state index contributed by atoms with van der Waals surface area (Å²) in [6, 6.07) is 3.63. The summed E-state index contributed by atoms with van der Waals surface area (Å²) in [4.78, 5) is 41.8. The summed E-state index contributed by atoms with van der Waals surface area (Å²) in [5.74, 6) is 0.168. The van der Waals surface area contributed by atoms with E-state index in [9.17, 15) is 14.4 Å². The van der Waals surface area contributed by atoms with Crippen molar-refractivity contribution in [1.29, 1.82) is 0 Å². The minimum absolute atomic E-state index is 0.0964. The Labute approximate surface area is 296 Å². The van der Waals surface area contributed by atoms with Crippen molar-refractivity contribution in [3.8, 4) is 5.75 Å². The van der Waals surface area contributed by atoms with E-state index in [0.717, 1.165) is 23.3 Å². The normalized spacial score (nSPS) is 34.5. The van der Waals surface area contributed by atoms with E-state index in [1.165, 1.54) is 4.90 Å². The Balaban J connectivity index is 1.44. The minimum Gasteiger partial charge on any atom is -0.495 e. The number of amides is 2. The Morgan fingerprint density at radius 2 is 1.98 bits per heavy atom. The van der Waals surface area contributed by atoms with Crippen LogP contribution in [0.25, 0.3) is 0 Å². The molecule has 264 valence electrons. The van der Waals surface area contributed by atoms with Crippen molar-refractivity contribution in [3.63, 3.8) is 0 Å². The number of nitrogens with one attached hydrogen (secondary N) is 1. The fraction of sp³-hybridized carbons (Fsp3) is 0.629. The Kier molecular flexibility index (Phi) is 12.0. The average Bonchev–Trinajstić information content (AvgIpc) is 3.04. The molecule has 13 heteroatoms. The number of allylic oxidation sites excluding steroid dienone is 3. The lowest BCUT2D eigenvalue weighted by Crippen LogP contribution is -2.70. The Morgan fingerprint density at radius 3 is 2.67 bits per heavy atom. The van der Waals surface area contributed by atoms with Gasteiger partial charge in [-0.05, 0) is 70.4 Å². The molecule has 5 heterocycles. The van der Waals surface area contributed by atoms with Gasteiger partial charge in [0, 0.05) is 31.7 Å². The van der Waals surface area contributed by atoms with Crippen LogP contribution in [-0.2, 0) is 35.0 Å². The minimum atomic E-state index is -1.01. The molecule has 2 amide bonds. The number of fused-ring (bicyclic) bond motifs is 6. The van der Waals surface area contributed by atoms with Crippen LogP contribution in [0.4, 0.5) is 10.5 Å². The molecule has 0 aromatic heterocycles. The number of alkyl carbamates (subject to hydrolysis) is 1. The Morgan fingerprint density at radius 1 is 1.21 bits per heavy atom. The number of hydrogen-bond acceptors (Lipinski definition) is 10. The Hall–Kier alpha value is -2.38. The standard InChI is InChI=1S/C35H47ClN2O8S2/c1-21-9-7-8-10-24-16-28(45-33(41)37-24)34(2)20-35(3,46-34)29(44-32(40)23-11-12-25(43-18-23)19-48-47-6)17-30(39)38(4)26-14-22(13-21)15-27(42-5)31(26)36/h7-9,14-15,23-25,28-29H,10-13,16-20H2,1-6H3,(H,37,41)/b8-7+,21-9+/t23-,24?,25+,28+,29+,34+,35-/m1/s1. The van der Waals surface area contributed by atoms with Crippen LogP contribution in [0.1, 0.15) is 64.9 Å². The summed E-state index contributed by atoms with van der Waals surface area (Å²) in [6.45, 7) is 6.06. The van der Waals surface area contributed by atoms with Crippen LogP contribution in [-0.4, -0.2) is 86.3 Å². The monoisotopic (exact) mass is 722 g/mol. The molecule has 0 radical (unpaired) electrons.